The molecule has 2 aromatic rings. The van der Waals surface area contributed by atoms with Gasteiger partial charge in [-0.05, 0) is 61.7 Å². The number of halogens is 1. The van der Waals surface area contributed by atoms with E-state index in [9.17, 15) is 18.0 Å². The van der Waals surface area contributed by atoms with Crippen molar-refractivity contribution in [2.45, 2.75) is 31.1 Å². The van der Waals surface area contributed by atoms with Crippen LogP contribution in [0.5, 0.6) is 0 Å². The summed E-state index contributed by atoms with van der Waals surface area (Å²) in [4.78, 5) is 25.1. The summed E-state index contributed by atoms with van der Waals surface area (Å²) in [5.74, 6) is -0.979. The lowest BCUT2D eigenvalue weighted by atomic mass is 10.1. The number of carbonyl (C=O) groups is 2. The second-order valence-corrected chi connectivity index (χ2v) is 9.77. The van der Waals surface area contributed by atoms with Crippen molar-refractivity contribution in [3.05, 3.63) is 58.1 Å². The zero-order valence-corrected chi connectivity index (χ0v) is 19.0. The third-order valence-corrected chi connectivity index (χ3v) is 7.11. The molecule has 0 spiro atoms. The predicted molar refractivity (Wildman–Crippen MR) is 117 cm³/mol. The van der Waals surface area contributed by atoms with Crippen LogP contribution in [0, 0.1) is 0 Å². The van der Waals surface area contributed by atoms with Gasteiger partial charge in [0, 0.05) is 23.1 Å². The predicted octanol–water partition coefficient (Wildman–Crippen LogP) is 4.05. The van der Waals surface area contributed by atoms with Crippen molar-refractivity contribution in [3.63, 3.8) is 0 Å². The first kappa shape index (κ1) is 22.5. The van der Waals surface area contributed by atoms with Gasteiger partial charge in [-0.25, -0.2) is 13.2 Å². The Morgan fingerprint density at radius 1 is 1.10 bits per heavy atom. The quantitative estimate of drug-likeness (QED) is 0.585. The lowest BCUT2D eigenvalue weighted by molar-refractivity contribution is 0.0506. The number of carbonyl (C=O) groups excluding carboxylic acids is 2. The Morgan fingerprint density at radius 3 is 2.40 bits per heavy atom. The van der Waals surface area contributed by atoms with Gasteiger partial charge in [0.05, 0.1) is 22.8 Å². The monoisotopic (exact) mass is 494 g/mol. The normalized spacial score (nSPS) is 14.5. The lowest BCUT2D eigenvalue weighted by Crippen LogP contribution is -2.27. The molecule has 2 aromatic carbocycles. The summed E-state index contributed by atoms with van der Waals surface area (Å²) in [6, 6.07) is 10.7. The van der Waals surface area contributed by atoms with Crippen LogP contribution >= 0.6 is 15.9 Å². The number of hydrogen-bond acceptors (Lipinski definition) is 5. The molecule has 7 nitrogen and oxygen atoms in total. The van der Waals surface area contributed by atoms with Crippen LogP contribution in [0.1, 0.15) is 46.9 Å². The first-order valence-electron chi connectivity index (χ1n) is 9.71. The standard InChI is InChI=1S/C21H23BrN2O5S/c1-2-13-29-21(26)18-14-16(22)7-10-19(18)23-20(25)15-5-8-17(9-6-15)30(27,28)24-11-3-4-12-24/h5-10,14H,2-4,11-13H2,1H3,(H,23,25). The van der Waals surface area contributed by atoms with Gasteiger partial charge < -0.3 is 10.1 Å². The fraction of sp³-hybridized carbons (Fsp3) is 0.333. The van der Waals surface area contributed by atoms with E-state index in [4.69, 9.17) is 4.74 Å². The fourth-order valence-electron chi connectivity index (χ4n) is 3.12. The van der Waals surface area contributed by atoms with Gasteiger partial charge in [-0.3, -0.25) is 4.79 Å². The van der Waals surface area contributed by atoms with Gasteiger partial charge in [-0.1, -0.05) is 22.9 Å². The largest absolute Gasteiger partial charge is 0.462 e. The third kappa shape index (κ3) is 5.08. The van der Waals surface area contributed by atoms with E-state index in [-0.39, 0.29) is 22.6 Å². The van der Waals surface area contributed by atoms with Gasteiger partial charge in [0.25, 0.3) is 5.91 Å². The summed E-state index contributed by atoms with van der Waals surface area (Å²) in [6.07, 6.45) is 2.40. The number of nitrogens with one attached hydrogen (secondary N) is 1. The molecule has 0 saturated carbocycles. The summed E-state index contributed by atoms with van der Waals surface area (Å²) in [5.41, 5.74) is 0.837. The summed E-state index contributed by atoms with van der Waals surface area (Å²) >= 11 is 3.32. The molecular formula is C21H23BrN2O5S. The molecule has 30 heavy (non-hydrogen) atoms. The van der Waals surface area contributed by atoms with Crippen LogP contribution in [0.3, 0.4) is 0 Å². The molecule has 1 N–H and O–H groups in total. The number of sulfonamides is 1. The molecule has 0 bridgehead atoms. The van der Waals surface area contributed by atoms with Crippen molar-refractivity contribution in [3.8, 4) is 0 Å². The summed E-state index contributed by atoms with van der Waals surface area (Å²) in [6.45, 7) is 3.21. The van der Waals surface area contributed by atoms with Crippen molar-refractivity contribution in [2.75, 3.05) is 25.0 Å². The maximum atomic E-state index is 12.7. The number of nitrogens with zero attached hydrogens (tertiary/aromatic N) is 1. The van der Waals surface area contributed by atoms with Crippen LogP contribution < -0.4 is 5.32 Å². The highest BCUT2D eigenvalue weighted by molar-refractivity contribution is 9.10. The van der Waals surface area contributed by atoms with Gasteiger partial charge in [-0.15, -0.1) is 0 Å². The number of benzene rings is 2. The Bertz CT molecular complexity index is 1030. The van der Waals surface area contributed by atoms with Gasteiger partial charge >= 0.3 is 5.97 Å². The maximum Gasteiger partial charge on any atom is 0.340 e. The van der Waals surface area contributed by atoms with Crippen LogP contribution in [0.2, 0.25) is 0 Å². The molecule has 1 saturated heterocycles. The smallest absolute Gasteiger partial charge is 0.340 e. The van der Waals surface area contributed by atoms with Crippen molar-refractivity contribution in [1.82, 2.24) is 4.31 Å². The zero-order chi connectivity index (χ0) is 21.7. The Labute approximate surface area is 184 Å². The average molecular weight is 495 g/mol. The lowest BCUT2D eigenvalue weighted by Gasteiger charge is -2.15. The highest BCUT2D eigenvalue weighted by atomic mass is 79.9. The van der Waals surface area contributed by atoms with E-state index in [1.807, 2.05) is 6.92 Å². The first-order valence-corrected chi connectivity index (χ1v) is 11.9. The van der Waals surface area contributed by atoms with E-state index >= 15 is 0 Å². The minimum absolute atomic E-state index is 0.161. The van der Waals surface area contributed by atoms with Crippen LogP contribution in [0.15, 0.2) is 51.8 Å². The van der Waals surface area contributed by atoms with Gasteiger partial charge in [0.15, 0.2) is 0 Å². The van der Waals surface area contributed by atoms with Crippen LogP contribution in [0.4, 0.5) is 5.69 Å². The summed E-state index contributed by atoms with van der Waals surface area (Å²) < 4.78 is 32.5. The second kappa shape index (κ2) is 9.72. The van der Waals surface area contributed by atoms with Crippen LogP contribution in [0.25, 0.3) is 0 Å². The molecule has 9 heteroatoms. The number of ether oxygens (including phenoxy) is 1. The SMILES string of the molecule is CCCOC(=O)c1cc(Br)ccc1NC(=O)c1ccc(S(=O)(=O)N2CCCC2)cc1. The molecular weight excluding hydrogens is 472 g/mol. The van der Waals surface area contributed by atoms with E-state index in [0.717, 1.165) is 12.8 Å². The van der Waals surface area contributed by atoms with Crippen LogP contribution in [-0.4, -0.2) is 44.3 Å². The molecule has 3 rings (SSSR count). The van der Waals surface area contributed by atoms with Crippen molar-refractivity contribution in [1.29, 1.82) is 0 Å². The molecule has 1 amide bonds. The van der Waals surface area contributed by atoms with E-state index in [1.165, 1.54) is 28.6 Å². The van der Waals surface area contributed by atoms with Gasteiger partial charge in [0.2, 0.25) is 10.0 Å². The average Bonchev–Trinajstić information content (AvgIpc) is 3.29. The minimum Gasteiger partial charge on any atom is -0.462 e. The highest BCUT2D eigenvalue weighted by Gasteiger charge is 2.27. The molecule has 0 unspecified atom stereocenters. The number of esters is 1. The van der Waals surface area contributed by atoms with Gasteiger partial charge in [0.1, 0.15) is 0 Å². The molecule has 160 valence electrons. The van der Waals surface area contributed by atoms with Gasteiger partial charge in [-0.2, -0.15) is 4.31 Å². The highest BCUT2D eigenvalue weighted by Crippen LogP contribution is 2.24. The molecule has 1 heterocycles. The van der Waals surface area contributed by atoms with E-state index in [2.05, 4.69) is 21.2 Å². The Morgan fingerprint density at radius 2 is 1.77 bits per heavy atom. The zero-order valence-electron chi connectivity index (χ0n) is 16.6. The van der Waals surface area contributed by atoms with E-state index < -0.39 is 21.9 Å². The second-order valence-electron chi connectivity index (χ2n) is 6.92. The molecule has 1 aliphatic heterocycles. The van der Waals surface area contributed by atoms with Crippen molar-refractivity contribution in [2.24, 2.45) is 0 Å². The number of hydrogen-bond donors (Lipinski definition) is 1. The summed E-state index contributed by atoms with van der Waals surface area (Å²) in [5, 5.41) is 2.70. The van der Waals surface area contributed by atoms with E-state index in [1.54, 1.807) is 18.2 Å². The molecule has 0 aliphatic carbocycles. The minimum atomic E-state index is -3.54. The first-order chi connectivity index (χ1) is 14.3. The third-order valence-electron chi connectivity index (χ3n) is 4.71. The molecule has 1 fully saturated rings. The Balaban J connectivity index is 1.77. The molecule has 0 atom stereocenters. The fourth-order valence-corrected chi connectivity index (χ4v) is 5.00. The molecule has 1 aliphatic rings. The van der Waals surface area contributed by atoms with E-state index in [0.29, 0.717) is 29.7 Å². The Hall–Kier alpha value is -2.23. The Kier molecular flexibility index (Phi) is 7.27. The van der Waals surface area contributed by atoms with Crippen LogP contribution in [-0.2, 0) is 14.8 Å². The number of rotatable bonds is 7. The molecule has 0 radical (unpaired) electrons. The maximum absolute atomic E-state index is 12.7. The van der Waals surface area contributed by atoms with Crippen molar-refractivity contribution >= 4 is 43.5 Å². The van der Waals surface area contributed by atoms with Crippen molar-refractivity contribution < 1.29 is 22.7 Å². The topological polar surface area (TPSA) is 92.8 Å². The molecule has 0 aromatic heterocycles. The summed E-state index contributed by atoms with van der Waals surface area (Å²) in [7, 11) is -3.54. The number of amides is 1. The number of anilines is 1.